The molecule has 4 N–H and O–H groups in total. The Morgan fingerprint density at radius 1 is 1.04 bits per heavy atom. The highest BCUT2D eigenvalue weighted by Gasteiger charge is 2.09. The molecule has 0 aliphatic rings. The van der Waals surface area contributed by atoms with Crippen LogP contribution < -0.4 is 16.0 Å². The van der Waals surface area contributed by atoms with E-state index in [9.17, 15) is 9.18 Å². The van der Waals surface area contributed by atoms with Crippen LogP contribution in [0.4, 0.5) is 33.2 Å². The number of halogens is 1. The van der Waals surface area contributed by atoms with Crippen LogP contribution in [0, 0.1) is 5.82 Å². The van der Waals surface area contributed by atoms with Gasteiger partial charge in [-0.2, -0.15) is 10.1 Å². The zero-order valence-electron chi connectivity index (χ0n) is 14.8. The number of anilines is 5. The van der Waals surface area contributed by atoms with E-state index in [4.69, 9.17) is 0 Å². The van der Waals surface area contributed by atoms with Crippen molar-refractivity contribution in [1.29, 1.82) is 0 Å². The van der Waals surface area contributed by atoms with Gasteiger partial charge in [0.15, 0.2) is 11.6 Å². The van der Waals surface area contributed by atoms with Crippen molar-refractivity contribution in [3.8, 4) is 0 Å². The second kappa shape index (κ2) is 7.31. The van der Waals surface area contributed by atoms with Gasteiger partial charge in [-0.1, -0.05) is 6.07 Å². The molecule has 2 heterocycles. The van der Waals surface area contributed by atoms with Gasteiger partial charge in [-0.15, -0.1) is 0 Å². The maximum atomic E-state index is 14.2. The van der Waals surface area contributed by atoms with Gasteiger partial charge in [-0.3, -0.25) is 9.89 Å². The Balaban J connectivity index is 1.56. The predicted octanol–water partition coefficient (Wildman–Crippen LogP) is 3.94. The minimum Gasteiger partial charge on any atom is -0.338 e. The van der Waals surface area contributed by atoms with Crippen LogP contribution in [-0.2, 0) is 4.79 Å². The van der Waals surface area contributed by atoms with Crippen LogP contribution in [0.25, 0.3) is 10.9 Å². The van der Waals surface area contributed by atoms with Gasteiger partial charge >= 0.3 is 0 Å². The van der Waals surface area contributed by atoms with E-state index in [1.54, 1.807) is 30.5 Å². The van der Waals surface area contributed by atoms with E-state index in [2.05, 4.69) is 36.1 Å². The number of carbonyl (C=O) groups is 1. The molecule has 0 aliphatic carbocycles. The van der Waals surface area contributed by atoms with Gasteiger partial charge in [0.25, 0.3) is 0 Å². The third kappa shape index (κ3) is 3.88. The van der Waals surface area contributed by atoms with Gasteiger partial charge in [-0.25, -0.2) is 9.37 Å². The molecular weight excluding hydrogens is 361 g/mol. The van der Waals surface area contributed by atoms with Crippen LogP contribution in [0.2, 0.25) is 0 Å². The number of nitrogens with zero attached hydrogens (tertiary/aromatic N) is 3. The Morgan fingerprint density at radius 3 is 2.71 bits per heavy atom. The summed E-state index contributed by atoms with van der Waals surface area (Å²) in [6, 6.07) is 12.5. The first-order valence-electron chi connectivity index (χ1n) is 8.44. The third-order valence-corrected chi connectivity index (χ3v) is 3.89. The van der Waals surface area contributed by atoms with Crippen LogP contribution >= 0.6 is 0 Å². The highest BCUT2D eigenvalue weighted by atomic mass is 19.1. The predicted molar refractivity (Wildman–Crippen MR) is 105 cm³/mol. The lowest BCUT2D eigenvalue weighted by molar-refractivity contribution is -0.114. The Kier molecular flexibility index (Phi) is 4.55. The number of amides is 1. The van der Waals surface area contributed by atoms with Crippen molar-refractivity contribution in [1.82, 2.24) is 20.2 Å². The number of aromatic nitrogens is 4. The van der Waals surface area contributed by atoms with Crippen LogP contribution in [0.5, 0.6) is 0 Å². The van der Waals surface area contributed by atoms with Gasteiger partial charge in [0.1, 0.15) is 0 Å². The van der Waals surface area contributed by atoms with Crippen molar-refractivity contribution >= 4 is 45.6 Å². The summed E-state index contributed by atoms with van der Waals surface area (Å²) in [6.45, 7) is 1.42. The number of aromatic amines is 1. The Labute approximate surface area is 159 Å². The van der Waals surface area contributed by atoms with Crippen LogP contribution in [0.1, 0.15) is 6.92 Å². The van der Waals surface area contributed by atoms with E-state index >= 15 is 0 Å². The molecule has 0 radical (unpaired) electrons. The summed E-state index contributed by atoms with van der Waals surface area (Å²) in [5, 5.41) is 16.4. The molecule has 0 saturated heterocycles. The lowest BCUT2D eigenvalue weighted by atomic mass is 10.2. The van der Waals surface area contributed by atoms with Crippen molar-refractivity contribution in [2.24, 2.45) is 0 Å². The largest absolute Gasteiger partial charge is 0.338 e. The summed E-state index contributed by atoms with van der Waals surface area (Å²) in [5.41, 5.74) is 2.83. The molecule has 0 unspecified atom stereocenters. The molecule has 0 bridgehead atoms. The van der Waals surface area contributed by atoms with Gasteiger partial charge in [-0.05, 0) is 36.4 Å². The van der Waals surface area contributed by atoms with Gasteiger partial charge in [0.05, 0.1) is 17.9 Å². The lowest BCUT2D eigenvalue weighted by Gasteiger charge is -2.11. The average molecular weight is 377 g/mol. The first-order valence-corrected chi connectivity index (χ1v) is 8.44. The Bertz CT molecular complexity index is 1160. The van der Waals surface area contributed by atoms with E-state index in [1.807, 2.05) is 18.2 Å². The van der Waals surface area contributed by atoms with E-state index < -0.39 is 5.82 Å². The number of rotatable bonds is 5. The summed E-state index contributed by atoms with van der Waals surface area (Å²) < 4.78 is 14.2. The second-order valence-electron chi connectivity index (χ2n) is 6.07. The minimum atomic E-state index is -0.597. The molecule has 0 fully saturated rings. The molecule has 9 heteroatoms. The number of hydrogen-bond acceptors (Lipinski definition) is 6. The fraction of sp³-hybridized carbons (Fsp3) is 0.0526. The highest BCUT2D eigenvalue weighted by molar-refractivity contribution is 5.89. The molecule has 0 spiro atoms. The first-order chi connectivity index (χ1) is 13.6. The molecule has 0 saturated carbocycles. The quantitative estimate of drug-likeness (QED) is 0.420. The number of hydrogen-bond donors (Lipinski definition) is 4. The van der Waals surface area contributed by atoms with Gasteiger partial charge in [0.2, 0.25) is 11.9 Å². The summed E-state index contributed by atoms with van der Waals surface area (Å²) in [5.74, 6) is -0.529. The number of nitrogens with one attached hydrogen (secondary N) is 4. The standard InChI is InChI=1S/C19H16FN7O/c1-11(28)23-13-3-2-4-14(8-13)24-18-16(20)10-21-19(26-18)25-15-5-6-17-12(7-15)9-22-27-17/h2-10H,1H3,(H,22,27)(H,23,28)(H2,21,24,25,26). The van der Waals surface area contributed by atoms with Crippen LogP contribution in [-0.4, -0.2) is 26.1 Å². The molecule has 2 aromatic heterocycles. The van der Waals surface area contributed by atoms with Crippen molar-refractivity contribution < 1.29 is 9.18 Å². The van der Waals surface area contributed by atoms with Crippen molar-refractivity contribution in [2.45, 2.75) is 6.92 Å². The molecule has 0 atom stereocenters. The number of fused-ring (bicyclic) bond motifs is 1. The zero-order valence-corrected chi connectivity index (χ0v) is 14.8. The molecule has 8 nitrogen and oxygen atoms in total. The summed E-state index contributed by atoms with van der Waals surface area (Å²) >= 11 is 0. The van der Waals surface area contributed by atoms with E-state index in [0.717, 1.165) is 22.8 Å². The monoisotopic (exact) mass is 377 g/mol. The number of benzene rings is 2. The smallest absolute Gasteiger partial charge is 0.229 e. The third-order valence-electron chi connectivity index (χ3n) is 3.89. The zero-order chi connectivity index (χ0) is 19.5. The molecule has 1 amide bonds. The van der Waals surface area contributed by atoms with Gasteiger partial charge in [0, 0.05) is 29.4 Å². The number of H-pyrrole nitrogens is 1. The fourth-order valence-electron chi connectivity index (χ4n) is 2.68. The van der Waals surface area contributed by atoms with Crippen LogP contribution in [0.3, 0.4) is 0 Å². The molecule has 4 aromatic rings. The molecule has 140 valence electrons. The molecule has 2 aromatic carbocycles. The Hall–Kier alpha value is -4.01. The van der Waals surface area contributed by atoms with Crippen molar-refractivity contribution in [3.05, 3.63) is 60.7 Å². The Morgan fingerprint density at radius 2 is 1.86 bits per heavy atom. The lowest BCUT2D eigenvalue weighted by Crippen LogP contribution is -2.06. The summed E-state index contributed by atoms with van der Waals surface area (Å²) in [4.78, 5) is 19.4. The van der Waals surface area contributed by atoms with E-state index in [1.165, 1.54) is 6.92 Å². The van der Waals surface area contributed by atoms with E-state index in [0.29, 0.717) is 11.4 Å². The average Bonchev–Trinajstić information content (AvgIpc) is 3.12. The van der Waals surface area contributed by atoms with E-state index in [-0.39, 0.29) is 17.7 Å². The van der Waals surface area contributed by atoms with Crippen LogP contribution in [0.15, 0.2) is 54.9 Å². The van der Waals surface area contributed by atoms with Crippen molar-refractivity contribution in [3.63, 3.8) is 0 Å². The molecule has 0 aliphatic heterocycles. The topological polar surface area (TPSA) is 108 Å². The van der Waals surface area contributed by atoms with Gasteiger partial charge < -0.3 is 16.0 Å². The normalized spacial score (nSPS) is 10.6. The minimum absolute atomic E-state index is 0.0156. The molecular formula is C19H16FN7O. The second-order valence-corrected chi connectivity index (χ2v) is 6.07. The SMILES string of the molecule is CC(=O)Nc1cccc(Nc2nc(Nc3ccc4[nH]ncc4c3)ncc2F)c1. The number of carbonyl (C=O) groups excluding carboxylic acids is 1. The maximum absolute atomic E-state index is 14.2. The summed E-state index contributed by atoms with van der Waals surface area (Å²) in [7, 11) is 0. The highest BCUT2D eigenvalue weighted by Crippen LogP contribution is 2.23. The summed E-state index contributed by atoms with van der Waals surface area (Å²) in [6.07, 6.45) is 2.80. The molecule has 4 rings (SSSR count). The van der Waals surface area contributed by atoms with Crippen molar-refractivity contribution in [2.75, 3.05) is 16.0 Å². The first kappa shape index (κ1) is 17.4. The fourth-order valence-corrected chi connectivity index (χ4v) is 2.68. The maximum Gasteiger partial charge on any atom is 0.229 e. The molecule has 28 heavy (non-hydrogen) atoms.